The lowest BCUT2D eigenvalue weighted by atomic mass is 10.4. The molecule has 0 N–H and O–H groups in total. The van der Waals surface area contributed by atoms with E-state index >= 15 is 0 Å². The molecule has 0 fully saturated rings. The topological polar surface area (TPSA) is 30.7 Å². The molecule has 0 amide bonds. The van der Waals surface area contributed by atoms with Crippen LogP contribution >= 0.6 is 0 Å². The van der Waals surface area contributed by atoms with Crippen LogP contribution in [-0.4, -0.2) is 15.0 Å². The predicted octanol–water partition coefficient (Wildman–Crippen LogP) is 1.81. The van der Waals surface area contributed by atoms with Crippen molar-refractivity contribution >= 4 is 0 Å². The summed E-state index contributed by atoms with van der Waals surface area (Å²) in [6, 6.07) is 12.0. The van der Waals surface area contributed by atoms with Gasteiger partial charge in [-0.25, -0.2) is 0 Å². The molecule has 1 aromatic heterocycles. The fourth-order valence-corrected chi connectivity index (χ4v) is 0.832. The van der Waals surface area contributed by atoms with E-state index in [4.69, 9.17) is 0 Å². The first-order valence-corrected chi connectivity index (χ1v) is 4.12. The molecule has 0 unspecified atom stereocenters. The van der Waals surface area contributed by atoms with Crippen molar-refractivity contribution < 1.29 is 0 Å². The Labute approximate surface area is 78.0 Å². The molecule has 0 atom stereocenters. The molecule has 3 nitrogen and oxygen atoms in total. The van der Waals surface area contributed by atoms with Crippen LogP contribution in [0, 0.1) is 6.92 Å². The van der Waals surface area contributed by atoms with Gasteiger partial charge in [-0.05, 0) is 6.92 Å². The molecule has 0 spiro atoms. The zero-order chi connectivity index (χ0) is 9.52. The van der Waals surface area contributed by atoms with Crippen molar-refractivity contribution in [2.75, 3.05) is 0 Å². The maximum absolute atomic E-state index is 3.92. The zero-order valence-electron chi connectivity index (χ0n) is 7.88. The number of hydrogen-bond acceptors (Lipinski definition) is 2. The monoisotopic (exact) mass is 175 g/mol. The van der Waals surface area contributed by atoms with Crippen molar-refractivity contribution in [3.8, 4) is 0 Å². The Bertz CT molecular complexity index is 284. The van der Waals surface area contributed by atoms with Crippen LogP contribution in [0.4, 0.5) is 0 Å². The summed E-state index contributed by atoms with van der Waals surface area (Å²) < 4.78 is 0. The number of aryl methyl sites for hydroxylation is 2. The summed E-state index contributed by atoms with van der Waals surface area (Å²) in [5.41, 5.74) is 0.961. The minimum absolute atomic E-state index is 0.961. The third kappa shape index (κ3) is 4.06. The molecule has 0 aliphatic heterocycles. The lowest BCUT2D eigenvalue weighted by molar-refractivity contribution is 0.649. The average molecular weight is 175 g/mol. The first kappa shape index (κ1) is 9.45. The highest BCUT2D eigenvalue weighted by atomic mass is 15.4. The fraction of sp³-hybridized carbons (Fsp3) is 0.200. The summed E-state index contributed by atoms with van der Waals surface area (Å²) in [5, 5.41) is 7.74. The van der Waals surface area contributed by atoms with Gasteiger partial charge in [-0.15, -0.1) is 0 Å². The number of nitrogens with zero attached hydrogens (tertiary/aromatic N) is 3. The maximum atomic E-state index is 3.92. The van der Waals surface area contributed by atoms with Crippen molar-refractivity contribution in [1.82, 2.24) is 15.0 Å². The Hall–Kier alpha value is -1.64. The first-order chi connectivity index (χ1) is 6.29. The predicted molar refractivity (Wildman–Crippen MR) is 52.2 cm³/mol. The van der Waals surface area contributed by atoms with Gasteiger partial charge in [-0.1, -0.05) is 36.4 Å². The van der Waals surface area contributed by atoms with Gasteiger partial charge in [0.05, 0.1) is 11.9 Å². The summed E-state index contributed by atoms with van der Waals surface area (Å²) in [4.78, 5) is 1.54. The molecule has 0 radical (unpaired) electrons. The minimum atomic E-state index is 0.961. The quantitative estimate of drug-likeness (QED) is 0.611. The normalized spacial score (nSPS) is 8.77. The largest absolute Gasteiger partial charge is 0.188 e. The van der Waals surface area contributed by atoms with Gasteiger partial charge >= 0.3 is 0 Å². The van der Waals surface area contributed by atoms with Crippen molar-refractivity contribution in [2.45, 2.75) is 6.92 Å². The van der Waals surface area contributed by atoms with Crippen molar-refractivity contribution in [3.63, 3.8) is 0 Å². The number of hydrogen-bond donors (Lipinski definition) is 0. The Balaban J connectivity index is 0.000000132. The second-order valence-corrected chi connectivity index (χ2v) is 2.63. The third-order valence-corrected chi connectivity index (χ3v) is 1.38. The smallest absolute Gasteiger partial charge is 0.0796 e. The van der Waals surface area contributed by atoms with Gasteiger partial charge in [0.25, 0.3) is 0 Å². The molecule has 0 saturated carbocycles. The highest BCUT2D eigenvalue weighted by molar-refractivity contribution is 4.99. The van der Waals surface area contributed by atoms with Gasteiger partial charge in [0, 0.05) is 7.05 Å². The molecule has 1 heterocycles. The molecule has 1 aromatic carbocycles. The highest BCUT2D eigenvalue weighted by Crippen LogP contribution is 1.81. The number of aromatic nitrogens is 3. The molecule has 13 heavy (non-hydrogen) atoms. The van der Waals surface area contributed by atoms with Gasteiger partial charge in [0.15, 0.2) is 0 Å². The van der Waals surface area contributed by atoms with Crippen LogP contribution in [0.5, 0.6) is 0 Å². The van der Waals surface area contributed by atoms with Crippen LogP contribution < -0.4 is 0 Å². The van der Waals surface area contributed by atoms with E-state index in [-0.39, 0.29) is 0 Å². The molecule has 0 bridgehead atoms. The lowest BCUT2D eigenvalue weighted by Crippen LogP contribution is -1.90. The zero-order valence-corrected chi connectivity index (χ0v) is 7.88. The summed E-state index contributed by atoms with van der Waals surface area (Å²) in [7, 11) is 1.80. The molecule has 3 heteroatoms. The lowest BCUT2D eigenvalue weighted by Gasteiger charge is -1.77. The SMILES string of the molecule is Cc1cnn(C)n1.c1ccccc1. The number of rotatable bonds is 0. The second-order valence-electron chi connectivity index (χ2n) is 2.63. The van der Waals surface area contributed by atoms with E-state index in [1.165, 1.54) is 4.80 Å². The van der Waals surface area contributed by atoms with Crippen LogP contribution in [0.1, 0.15) is 5.69 Å². The first-order valence-electron chi connectivity index (χ1n) is 4.12. The summed E-state index contributed by atoms with van der Waals surface area (Å²) in [5.74, 6) is 0. The summed E-state index contributed by atoms with van der Waals surface area (Å²) in [6.45, 7) is 1.91. The number of benzene rings is 1. The highest BCUT2D eigenvalue weighted by Gasteiger charge is 1.83. The van der Waals surface area contributed by atoms with E-state index < -0.39 is 0 Å². The van der Waals surface area contributed by atoms with Gasteiger partial charge in [-0.2, -0.15) is 15.0 Å². The van der Waals surface area contributed by atoms with E-state index in [2.05, 4.69) is 10.2 Å². The van der Waals surface area contributed by atoms with Crippen LogP contribution in [-0.2, 0) is 7.05 Å². The average Bonchev–Trinajstić information content (AvgIpc) is 2.54. The second kappa shape index (κ2) is 5.09. The summed E-state index contributed by atoms with van der Waals surface area (Å²) >= 11 is 0. The molecule has 2 rings (SSSR count). The molecular formula is C10H13N3. The van der Waals surface area contributed by atoms with E-state index in [0.29, 0.717) is 0 Å². The molecule has 0 aliphatic rings. The Kier molecular flexibility index (Phi) is 3.70. The Morgan fingerprint density at radius 1 is 1.00 bits per heavy atom. The molecular weight excluding hydrogens is 162 g/mol. The van der Waals surface area contributed by atoms with Gasteiger partial charge in [0.2, 0.25) is 0 Å². The Morgan fingerprint density at radius 2 is 1.46 bits per heavy atom. The van der Waals surface area contributed by atoms with E-state index in [1.807, 2.05) is 43.3 Å². The molecule has 0 aliphatic carbocycles. The van der Waals surface area contributed by atoms with Crippen molar-refractivity contribution in [1.29, 1.82) is 0 Å². The van der Waals surface area contributed by atoms with Crippen LogP contribution in [0.15, 0.2) is 42.6 Å². The van der Waals surface area contributed by atoms with Crippen LogP contribution in [0.3, 0.4) is 0 Å². The fourth-order valence-electron chi connectivity index (χ4n) is 0.832. The molecule has 2 aromatic rings. The van der Waals surface area contributed by atoms with E-state index in [1.54, 1.807) is 13.2 Å². The van der Waals surface area contributed by atoms with Gasteiger partial charge < -0.3 is 0 Å². The van der Waals surface area contributed by atoms with Crippen LogP contribution in [0.2, 0.25) is 0 Å². The third-order valence-electron chi connectivity index (χ3n) is 1.38. The minimum Gasteiger partial charge on any atom is -0.188 e. The maximum Gasteiger partial charge on any atom is 0.0796 e. The van der Waals surface area contributed by atoms with Gasteiger partial charge in [-0.3, -0.25) is 0 Å². The molecule has 68 valence electrons. The standard InChI is InChI=1S/C6H6.C4H7N3/c1-2-4-6-5-3-1;1-4-3-5-7(2)6-4/h1-6H;3H,1-2H3. The van der Waals surface area contributed by atoms with E-state index in [0.717, 1.165) is 5.69 Å². The van der Waals surface area contributed by atoms with Crippen LogP contribution in [0.25, 0.3) is 0 Å². The summed E-state index contributed by atoms with van der Waals surface area (Å²) in [6.07, 6.45) is 1.72. The Morgan fingerprint density at radius 3 is 1.62 bits per heavy atom. The van der Waals surface area contributed by atoms with Crippen molar-refractivity contribution in [3.05, 3.63) is 48.3 Å². The van der Waals surface area contributed by atoms with Gasteiger partial charge in [0.1, 0.15) is 0 Å². The molecule has 0 saturated heterocycles. The van der Waals surface area contributed by atoms with E-state index in [9.17, 15) is 0 Å². The van der Waals surface area contributed by atoms with Crippen molar-refractivity contribution in [2.24, 2.45) is 7.05 Å².